The molecule has 1 aromatic heterocycles. The van der Waals surface area contributed by atoms with Crippen LogP contribution in [0.25, 0.3) is 17.0 Å². The maximum Gasteiger partial charge on any atom is 0.325 e. The van der Waals surface area contributed by atoms with Crippen LogP contribution in [0, 0.1) is 5.92 Å². The van der Waals surface area contributed by atoms with E-state index < -0.39 is 42.1 Å². The largest absolute Gasteiger partial charge is 0.481 e. The number of fused-ring (bicyclic) bond motifs is 1. The van der Waals surface area contributed by atoms with E-state index in [4.69, 9.17) is 15.6 Å². The number of hydrazine groups is 1. The predicted molar refractivity (Wildman–Crippen MR) is 146 cm³/mol. The first kappa shape index (κ1) is 29.7. The first-order valence-corrected chi connectivity index (χ1v) is 13.1. The number of aliphatic carboxylic acids is 1. The molecule has 2 aromatic rings. The number of benzene rings is 1. The third-order valence-electron chi connectivity index (χ3n) is 6.54. The molecule has 1 aliphatic rings. The summed E-state index contributed by atoms with van der Waals surface area (Å²) in [4.78, 5) is 53.5. The van der Waals surface area contributed by atoms with Gasteiger partial charge in [-0.05, 0) is 50.3 Å². The zero-order chi connectivity index (χ0) is 28.7. The van der Waals surface area contributed by atoms with Crippen LogP contribution in [0.3, 0.4) is 0 Å². The number of carboxylic acids is 1. The van der Waals surface area contributed by atoms with Crippen LogP contribution >= 0.6 is 0 Å². The summed E-state index contributed by atoms with van der Waals surface area (Å²) in [5.41, 5.74) is 10.9. The summed E-state index contributed by atoms with van der Waals surface area (Å²) in [6.07, 6.45) is 3.65. The van der Waals surface area contributed by atoms with Crippen LogP contribution in [0.15, 0.2) is 36.4 Å². The van der Waals surface area contributed by atoms with E-state index in [0.29, 0.717) is 30.6 Å². The number of nitrogens with one attached hydrogen (secondary N) is 2. The molecule has 0 saturated carbocycles. The van der Waals surface area contributed by atoms with E-state index in [1.54, 1.807) is 32.1 Å². The van der Waals surface area contributed by atoms with Crippen LogP contribution in [-0.2, 0) is 23.9 Å². The standard InChI is InChI=1S/C28H37N5O6/c1-16(2)25(29)26(36)30-17(3)27(37)33-14-6-8-22(32-33)28(38)39-18(4)21-13-12-20-11-10-19(15-23(20)31-21)7-5-9-24(34)35/h5,7,10-13,15-18,22,25,32H,6,8-9,14,29H2,1-4H3,(H,30,36)(H,34,35)/b7-5+/t17-,18+,22-,25-/m0/s1. The van der Waals surface area contributed by atoms with Crippen LogP contribution in [-0.4, -0.2) is 63.5 Å². The number of esters is 1. The van der Waals surface area contributed by atoms with Crippen LogP contribution in [0.1, 0.15) is 64.3 Å². The molecule has 0 aliphatic carbocycles. The highest BCUT2D eigenvalue weighted by Crippen LogP contribution is 2.22. The van der Waals surface area contributed by atoms with Gasteiger partial charge in [-0.3, -0.25) is 24.2 Å². The fraction of sp³-hybridized carbons (Fsp3) is 0.464. The monoisotopic (exact) mass is 539 g/mol. The molecular weight excluding hydrogens is 502 g/mol. The molecule has 1 saturated heterocycles. The summed E-state index contributed by atoms with van der Waals surface area (Å²) >= 11 is 0. The van der Waals surface area contributed by atoms with Crippen molar-refractivity contribution >= 4 is 40.7 Å². The first-order chi connectivity index (χ1) is 18.5. The molecule has 1 aromatic carbocycles. The fourth-order valence-corrected chi connectivity index (χ4v) is 4.12. The van der Waals surface area contributed by atoms with E-state index >= 15 is 0 Å². The summed E-state index contributed by atoms with van der Waals surface area (Å²) in [5.74, 6) is -2.25. The molecule has 1 fully saturated rings. The predicted octanol–water partition coefficient (Wildman–Crippen LogP) is 2.31. The van der Waals surface area contributed by atoms with Gasteiger partial charge in [-0.2, -0.15) is 0 Å². The Morgan fingerprint density at radius 3 is 2.62 bits per heavy atom. The molecule has 4 atom stereocenters. The van der Waals surface area contributed by atoms with Gasteiger partial charge in [0.25, 0.3) is 5.91 Å². The molecule has 1 aliphatic heterocycles. The number of nitrogens with two attached hydrogens (primary N) is 1. The van der Waals surface area contributed by atoms with Crippen molar-refractivity contribution in [2.45, 2.75) is 71.2 Å². The van der Waals surface area contributed by atoms with Crippen molar-refractivity contribution < 1.29 is 29.0 Å². The van der Waals surface area contributed by atoms with Crippen molar-refractivity contribution in [3.8, 4) is 0 Å². The van der Waals surface area contributed by atoms with Crippen LogP contribution in [0.5, 0.6) is 0 Å². The number of aromatic nitrogens is 1. The minimum absolute atomic E-state index is 0.0682. The smallest absolute Gasteiger partial charge is 0.325 e. The van der Waals surface area contributed by atoms with Crippen LogP contribution in [0.4, 0.5) is 0 Å². The number of ether oxygens (including phenoxy) is 1. The summed E-state index contributed by atoms with van der Waals surface area (Å²) in [7, 11) is 0. The number of hydrogen-bond acceptors (Lipinski definition) is 8. The Balaban J connectivity index is 1.61. The van der Waals surface area contributed by atoms with E-state index in [0.717, 1.165) is 10.9 Å². The van der Waals surface area contributed by atoms with Gasteiger partial charge in [-0.1, -0.05) is 44.2 Å². The number of amides is 2. The zero-order valence-corrected chi connectivity index (χ0v) is 22.7. The van der Waals surface area contributed by atoms with E-state index in [-0.39, 0.29) is 18.2 Å². The average Bonchev–Trinajstić information content (AvgIpc) is 2.91. The number of carboxylic acid groups (broad SMARTS) is 1. The summed E-state index contributed by atoms with van der Waals surface area (Å²) in [6.45, 7) is 7.35. The van der Waals surface area contributed by atoms with Gasteiger partial charge in [-0.25, -0.2) is 10.4 Å². The van der Waals surface area contributed by atoms with Crippen molar-refractivity contribution in [2.24, 2.45) is 11.7 Å². The Morgan fingerprint density at radius 2 is 1.92 bits per heavy atom. The van der Waals surface area contributed by atoms with Gasteiger partial charge in [-0.15, -0.1) is 0 Å². The average molecular weight is 540 g/mol. The van der Waals surface area contributed by atoms with Gasteiger partial charge in [0.2, 0.25) is 5.91 Å². The highest BCUT2D eigenvalue weighted by molar-refractivity contribution is 5.89. The normalized spacial score (nSPS) is 18.1. The Labute approximate surface area is 227 Å². The second-order valence-electron chi connectivity index (χ2n) is 10.1. The summed E-state index contributed by atoms with van der Waals surface area (Å²) in [5, 5.41) is 13.7. The lowest BCUT2D eigenvalue weighted by atomic mass is 10.0. The molecule has 2 heterocycles. The van der Waals surface area contributed by atoms with Gasteiger partial charge in [0.05, 0.1) is 23.7 Å². The number of pyridine rings is 1. The minimum atomic E-state index is -0.907. The molecule has 3 rings (SSSR count). The highest BCUT2D eigenvalue weighted by Gasteiger charge is 2.33. The van der Waals surface area contributed by atoms with Crippen molar-refractivity contribution in [1.82, 2.24) is 20.7 Å². The second-order valence-corrected chi connectivity index (χ2v) is 10.1. The maximum atomic E-state index is 13.0. The molecule has 0 unspecified atom stereocenters. The highest BCUT2D eigenvalue weighted by atomic mass is 16.5. The number of rotatable bonds is 10. The fourth-order valence-electron chi connectivity index (χ4n) is 4.12. The lowest BCUT2D eigenvalue weighted by Gasteiger charge is -2.34. The first-order valence-electron chi connectivity index (χ1n) is 13.1. The number of nitrogens with zero attached hydrogens (tertiary/aromatic N) is 2. The Kier molecular flexibility index (Phi) is 10.1. The van der Waals surface area contributed by atoms with Crippen molar-refractivity contribution in [1.29, 1.82) is 0 Å². The molecule has 0 radical (unpaired) electrons. The lowest BCUT2D eigenvalue weighted by Crippen LogP contribution is -2.60. The molecule has 11 nitrogen and oxygen atoms in total. The van der Waals surface area contributed by atoms with Gasteiger partial charge in [0.1, 0.15) is 18.2 Å². The second kappa shape index (κ2) is 13.3. The van der Waals surface area contributed by atoms with E-state index in [9.17, 15) is 19.2 Å². The Morgan fingerprint density at radius 1 is 1.21 bits per heavy atom. The van der Waals surface area contributed by atoms with Gasteiger partial charge in [0.15, 0.2) is 0 Å². The molecule has 210 valence electrons. The van der Waals surface area contributed by atoms with E-state index in [2.05, 4.69) is 15.7 Å². The molecule has 2 amide bonds. The van der Waals surface area contributed by atoms with Gasteiger partial charge in [0, 0.05) is 11.9 Å². The Hall–Kier alpha value is -3.83. The quantitative estimate of drug-likeness (QED) is 0.332. The zero-order valence-electron chi connectivity index (χ0n) is 22.7. The third kappa shape index (κ3) is 8.08. The van der Waals surface area contributed by atoms with Crippen LogP contribution in [0.2, 0.25) is 0 Å². The van der Waals surface area contributed by atoms with Crippen LogP contribution < -0.4 is 16.5 Å². The molecular formula is C28H37N5O6. The molecule has 5 N–H and O–H groups in total. The van der Waals surface area contributed by atoms with E-state index in [1.807, 2.05) is 38.1 Å². The van der Waals surface area contributed by atoms with Gasteiger partial charge < -0.3 is 20.9 Å². The minimum Gasteiger partial charge on any atom is -0.481 e. The SMILES string of the molecule is CC(C)[C@H](N)C(=O)N[C@@H](C)C(=O)N1CCC[C@@H](C(=O)O[C@H](C)c2ccc3ccc(/C=C/CC(=O)O)cc3n2)N1. The molecule has 0 bridgehead atoms. The number of hydrogen-bond donors (Lipinski definition) is 4. The third-order valence-corrected chi connectivity index (χ3v) is 6.54. The Bertz CT molecular complexity index is 1250. The van der Waals surface area contributed by atoms with Crippen molar-refractivity contribution in [3.63, 3.8) is 0 Å². The summed E-state index contributed by atoms with van der Waals surface area (Å²) < 4.78 is 5.69. The van der Waals surface area contributed by atoms with Crippen molar-refractivity contribution in [2.75, 3.05) is 6.54 Å². The topological polar surface area (TPSA) is 164 Å². The molecule has 11 heteroatoms. The molecule has 39 heavy (non-hydrogen) atoms. The number of carbonyl (C=O) groups is 4. The number of carbonyl (C=O) groups excluding carboxylic acids is 3. The maximum absolute atomic E-state index is 13.0. The lowest BCUT2D eigenvalue weighted by molar-refractivity contribution is -0.157. The van der Waals surface area contributed by atoms with Gasteiger partial charge >= 0.3 is 11.9 Å². The summed E-state index contributed by atoms with van der Waals surface area (Å²) in [6, 6.07) is 7.02. The van der Waals surface area contributed by atoms with Crippen molar-refractivity contribution in [3.05, 3.63) is 47.7 Å². The molecule has 0 spiro atoms. The van der Waals surface area contributed by atoms with E-state index in [1.165, 1.54) is 5.01 Å².